The summed E-state index contributed by atoms with van der Waals surface area (Å²) < 4.78 is 72.6. The number of rotatable bonds is 8. The van der Waals surface area contributed by atoms with Crippen molar-refractivity contribution >= 4 is 18.0 Å². The summed E-state index contributed by atoms with van der Waals surface area (Å²) in [5.41, 5.74) is -1.31. The summed E-state index contributed by atoms with van der Waals surface area (Å²) in [6.45, 7) is 0.818. The van der Waals surface area contributed by atoms with Crippen LogP contribution in [0.3, 0.4) is 0 Å². The Balaban J connectivity index is 2.36. The van der Waals surface area contributed by atoms with E-state index in [-0.39, 0.29) is 13.2 Å². The summed E-state index contributed by atoms with van der Waals surface area (Å²) in [5, 5.41) is 10.0. The van der Waals surface area contributed by atoms with E-state index in [9.17, 15) is 36.6 Å². The highest BCUT2D eigenvalue weighted by atomic mass is 19.2. The van der Waals surface area contributed by atoms with Gasteiger partial charge in [-0.05, 0) is 12.5 Å². The van der Waals surface area contributed by atoms with Crippen LogP contribution in [0.2, 0.25) is 0 Å². The Morgan fingerprint density at radius 1 is 1.00 bits per heavy atom. The minimum Gasteiger partial charge on any atom is -0.465 e. The first-order valence-electron chi connectivity index (χ1n) is 8.65. The number of ether oxygens (including phenoxy) is 1. The van der Waals surface area contributed by atoms with Crippen LogP contribution in [0.5, 0.6) is 0 Å². The summed E-state index contributed by atoms with van der Waals surface area (Å²) >= 11 is 0. The molecule has 10 heteroatoms. The number of aliphatic imine (C=N–C) groups is 1. The SMILES string of the molecule is CCOC(=O)C(C=NCC(O)c1ccccc1)C(=O)c1c(F)c(F)c(F)c(F)c1F. The molecule has 0 aliphatic carbocycles. The molecule has 2 unspecified atom stereocenters. The van der Waals surface area contributed by atoms with Crippen molar-refractivity contribution in [2.75, 3.05) is 13.2 Å². The highest BCUT2D eigenvalue weighted by molar-refractivity contribution is 6.18. The van der Waals surface area contributed by atoms with Crippen molar-refractivity contribution in [2.45, 2.75) is 13.0 Å². The van der Waals surface area contributed by atoms with Crippen molar-refractivity contribution < 1.29 is 41.4 Å². The molecule has 2 atom stereocenters. The maximum atomic E-state index is 14.0. The van der Waals surface area contributed by atoms with Crippen LogP contribution >= 0.6 is 0 Å². The second-order valence-electron chi connectivity index (χ2n) is 5.98. The van der Waals surface area contributed by atoms with Gasteiger partial charge in [0.1, 0.15) is 0 Å². The normalized spacial score (nSPS) is 13.3. The quantitative estimate of drug-likeness (QED) is 0.132. The number of carbonyl (C=O) groups is 2. The van der Waals surface area contributed by atoms with Crippen LogP contribution in [0.4, 0.5) is 22.0 Å². The van der Waals surface area contributed by atoms with Crippen molar-refractivity contribution in [3.8, 4) is 0 Å². The van der Waals surface area contributed by atoms with Gasteiger partial charge in [-0.25, -0.2) is 22.0 Å². The van der Waals surface area contributed by atoms with Crippen LogP contribution < -0.4 is 0 Å². The third kappa shape index (κ3) is 4.88. The summed E-state index contributed by atoms with van der Waals surface area (Å²) in [4.78, 5) is 28.3. The van der Waals surface area contributed by atoms with Crippen LogP contribution in [0.1, 0.15) is 28.9 Å². The predicted molar refractivity (Wildman–Crippen MR) is 95.4 cm³/mol. The zero-order valence-electron chi connectivity index (χ0n) is 15.5. The highest BCUT2D eigenvalue weighted by Gasteiger charge is 2.36. The molecule has 1 N–H and O–H groups in total. The molecule has 5 nitrogen and oxygen atoms in total. The van der Waals surface area contributed by atoms with Crippen molar-refractivity contribution in [3.63, 3.8) is 0 Å². The van der Waals surface area contributed by atoms with E-state index in [4.69, 9.17) is 0 Å². The maximum Gasteiger partial charge on any atom is 0.322 e. The van der Waals surface area contributed by atoms with E-state index in [1.165, 1.54) is 6.92 Å². The number of hydrogen-bond acceptors (Lipinski definition) is 5. The number of hydrogen-bond donors (Lipinski definition) is 1. The van der Waals surface area contributed by atoms with Gasteiger partial charge in [0.2, 0.25) is 5.82 Å². The standard InChI is InChI=1S/C20H16F5NO4/c1-2-30-20(29)11(8-26-9-12(27)10-6-4-3-5-7-10)19(28)13-14(21)16(23)18(25)17(24)15(13)22/h3-8,11-12,27H,2,9H2,1H3. The van der Waals surface area contributed by atoms with Gasteiger partial charge in [0.25, 0.3) is 0 Å². The monoisotopic (exact) mass is 429 g/mol. The number of ketones is 1. The molecule has 0 amide bonds. The molecular formula is C20H16F5NO4. The minimum absolute atomic E-state index is 0.222. The van der Waals surface area contributed by atoms with Gasteiger partial charge < -0.3 is 9.84 Å². The average molecular weight is 429 g/mol. The summed E-state index contributed by atoms with van der Waals surface area (Å²) in [6.07, 6.45) is -0.487. The molecule has 0 fully saturated rings. The second-order valence-corrected chi connectivity index (χ2v) is 5.98. The number of nitrogens with zero attached hydrogens (tertiary/aromatic N) is 1. The third-order valence-electron chi connectivity index (χ3n) is 4.00. The molecule has 0 aliphatic heterocycles. The highest BCUT2D eigenvalue weighted by Crippen LogP contribution is 2.25. The number of halogens is 5. The number of esters is 1. The Labute approximate surface area is 167 Å². The lowest BCUT2D eigenvalue weighted by atomic mass is 9.97. The molecule has 0 aromatic heterocycles. The second kappa shape index (κ2) is 10.1. The van der Waals surface area contributed by atoms with Crippen molar-refractivity contribution in [1.82, 2.24) is 0 Å². The van der Waals surface area contributed by atoms with Gasteiger partial charge in [-0.3, -0.25) is 14.6 Å². The molecule has 0 aliphatic rings. The van der Waals surface area contributed by atoms with Gasteiger partial charge in [0, 0.05) is 6.21 Å². The minimum atomic E-state index is -2.44. The van der Waals surface area contributed by atoms with Gasteiger partial charge in [-0.2, -0.15) is 0 Å². The first kappa shape index (κ1) is 23.1. The molecule has 160 valence electrons. The molecule has 30 heavy (non-hydrogen) atoms. The number of benzene rings is 2. The Morgan fingerprint density at radius 3 is 2.07 bits per heavy atom. The molecule has 0 heterocycles. The zero-order valence-corrected chi connectivity index (χ0v) is 15.5. The molecule has 2 aromatic rings. The Bertz CT molecular complexity index is 936. The fourth-order valence-corrected chi connectivity index (χ4v) is 2.49. The fraction of sp³-hybridized carbons (Fsp3) is 0.250. The van der Waals surface area contributed by atoms with Gasteiger partial charge in [0.15, 0.2) is 35.0 Å². The Morgan fingerprint density at radius 2 is 1.53 bits per heavy atom. The van der Waals surface area contributed by atoms with Gasteiger partial charge in [-0.1, -0.05) is 30.3 Å². The van der Waals surface area contributed by atoms with Crippen LogP contribution in [-0.2, 0) is 9.53 Å². The Kier molecular flexibility index (Phi) is 7.76. The third-order valence-corrected chi connectivity index (χ3v) is 4.00. The van der Waals surface area contributed by atoms with Crippen molar-refractivity contribution in [1.29, 1.82) is 0 Å². The molecule has 0 radical (unpaired) electrons. The van der Waals surface area contributed by atoms with Crippen LogP contribution in [0.15, 0.2) is 35.3 Å². The van der Waals surface area contributed by atoms with Gasteiger partial charge in [-0.15, -0.1) is 0 Å². The van der Waals surface area contributed by atoms with E-state index in [1.54, 1.807) is 30.3 Å². The van der Waals surface area contributed by atoms with E-state index in [1.807, 2.05) is 0 Å². The van der Waals surface area contributed by atoms with Crippen LogP contribution in [0, 0.1) is 35.0 Å². The zero-order chi connectivity index (χ0) is 22.4. The first-order chi connectivity index (χ1) is 14.2. The smallest absolute Gasteiger partial charge is 0.322 e. The number of carbonyl (C=O) groups excluding carboxylic acids is 2. The predicted octanol–water partition coefficient (Wildman–Crippen LogP) is 3.55. The fourth-order valence-electron chi connectivity index (χ4n) is 2.49. The molecular weight excluding hydrogens is 413 g/mol. The van der Waals surface area contributed by atoms with Crippen LogP contribution in [0.25, 0.3) is 0 Å². The summed E-state index contributed by atoms with van der Waals surface area (Å²) in [6, 6.07) is 8.18. The molecule has 0 bridgehead atoms. The van der Waals surface area contributed by atoms with Crippen molar-refractivity contribution in [2.24, 2.45) is 10.9 Å². The summed E-state index contributed by atoms with van der Waals surface area (Å²) in [7, 11) is 0. The molecule has 2 rings (SSSR count). The van der Waals surface area contributed by atoms with Gasteiger partial charge in [0.05, 0.1) is 24.8 Å². The topological polar surface area (TPSA) is 76.0 Å². The van der Waals surface area contributed by atoms with Crippen molar-refractivity contribution in [3.05, 3.63) is 70.5 Å². The van der Waals surface area contributed by atoms with E-state index in [0.29, 0.717) is 11.8 Å². The average Bonchev–Trinajstić information content (AvgIpc) is 2.74. The van der Waals surface area contributed by atoms with Gasteiger partial charge >= 0.3 is 5.97 Å². The number of aliphatic hydroxyl groups excluding tert-OH is 1. The summed E-state index contributed by atoms with van der Waals surface area (Å²) in [5.74, 6) is -16.9. The lowest BCUT2D eigenvalue weighted by Crippen LogP contribution is -2.30. The van der Waals surface area contributed by atoms with E-state index >= 15 is 0 Å². The molecule has 0 saturated carbocycles. The largest absolute Gasteiger partial charge is 0.465 e. The number of aliphatic hydroxyl groups is 1. The van der Waals surface area contributed by atoms with E-state index < -0.39 is 58.4 Å². The van der Waals surface area contributed by atoms with E-state index in [2.05, 4.69) is 9.73 Å². The lowest BCUT2D eigenvalue weighted by Gasteiger charge is -2.13. The molecule has 0 saturated heterocycles. The molecule has 0 spiro atoms. The Hall–Kier alpha value is -3.14. The van der Waals surface area contributed by atoms with Crippen LogP contribution in [-0.4, -0.2) is 36.2 Å². The molecule has 2 aromatic carbocycles. The number of Topliss-reactive ketones (excluding diaryl/α,β-unsaturated/α-hetero) is 1. The first-order valence-corrected chi connectivity index (χ1v) is 8.65. The maximum absolute atomic E-state index is 14.0. The van der Waals surface area contributed by atoms with E-state index in [0.717, 1.165) is 0 Å². The lowest BCUT2D eigenvalue weighted by molar-refractivity contribution is -0.144.